The number of unbranched alkanes of at least 4 members (excludes halogenated alkanes) is 13. The Morgan fingerprint density at radius 3 is 1.81 bits per heavy atom. The average molecular weight is 834 g/mol. The van der Waals surface area contributed by atoms with Crippen LogP contribution < -0.4 is 5.73 Å². The predicted molar refractivity (Wildman–Crippen MR) is 239 cm³/mol. The highest BCUT2D eigenvalue weighted by atomic mass is 31.2. The molecular formula is C47H80NO9P. The van der Waals surface area contributed by atoms with Crippen LogP contribution in [0.25, 0.3) is 0 Å². The molecule has 332 valence electrons. The number of rotatable bonds is 40. The molecule has 0 aliphatic heterocycles. The summed E-state index contributed by atoms with van der Waals surface area (Å²) in [7, 11) is -4.41. The van der Waals surface area contributed by atoms with Crippen molar-refractivity contribution < 1.29 is 42.7 Å². The van der Waals surface area contributed by atoms with Gasteiger partial charge in [-0.05, 0) is 77.0 Å². The largest absolute Gasteiger partial charge is 0.472 e. The standard InChI is InChI=1S/C47H80NO9P/c1-3-5-7-9-11-12-13-14-15-16-17-18-19-20-21-22-27-31-35-39-47(51)57-45(43-56-58(52,53)55-41-40-48)42-54-46(50)38-34-30-26-24-23-25-29-33-37-44(49)36-32-28-10-8-6-4-2/h6,8,11-12,14-15,24-26,28-29,32-33,37,44-45,49H,3-5,7,9-10,13,16-23,27,30-31,34-36,38-43,48H2,1-2H3,(H,52,53)/b8-6-,12-11-,15-14-,26-24-,29-25-,32-28-,37-33+/t44?,45-/m1/s1. The van der Waals surface area contributed by atoms with Gasteiger partial charge in [-0.15, -0.1) is 0 Å². The molecule has 0 fully saturated rings. The van der Waals surface area contributed by atoms with Gasteiger partial charge >= 0.3 is 19.8 Å². The SMILES string of the molecule is CC/C=C\C/C=C\CC(O)/C=C/C=C\C/C=C\CCCC(=O)OC[C@H](COP(=O)(O)OCCN)OC(=O)CCCCCCCCCCC/C=C\C/C=C\CCCCC. The Morgan fingerprint density at radius 2 is 1.17 bits per heavy atom. The smallest absolute Gasteiger partial charge is 0.462 e. The van der Waals surface area contributed by atoms with Gasteiger partial charge < -0.3 is 25.2 Å². The van der Waals surface area contributed by atoms with Gasteiger partial charge in [-0.1, -0.05) is 157 Å². The van der Waals surface area contributed by atoms with E-state index < -0.39 is 38.6 Å². The summed E-state index contributed by atoms with van der Waals surface area (Å²) < 4.78 is 32.7. The second-order valence-electron chi connectivity index (χ2n) is 14.4. The summed E-state index contributed by atoms with van der Waals surface area (Å²) in [5.74, 6) is -0.948. The molecular weight excluding hydrogens is 753 g/mol. The molecule has 0 aliphatic rings. The maximum absolute atomic E-state index is 12.6. The zero-order valence-corrected chi connectivity index (χ0v) is 37.0. The van der Waals surface area contributed by atoms with E-state index in [4.69, 9.17) is 24.3 Å². The van der Waals surface area contributed by atoms with Crippen molar-refractivity contribution >= 4 is 19.8 Å². The van der Waals surface area contributed by atoms with Gasteiger partial charge in [0, 0.05) is 19.4 Å². The fraction of sp³-hybridized carbons (Fsp3) is 0.660. The molecule has 0 aromatic rings. The van der Waals surface area contributed by atoms with Crippen molar-refractivity contribution in [3.63, 3.8) is 0 Å². The highest BCUT2D eigenvalue weighted by molar-refractivity contribution is 7.47. The van der Waals surface area contributed by atoms with Crippen molar-refractivity contribution in [2.45, 2.75) is 174 Å². The predicted octanol–water partition coefficient (Wildman–Crippen LogP) is 11.8. The molecule has 0 rings (SSSR count). The van der Waals surface area contributed by atoms with Crippen LogP contribution in [0.3, 0.4) is 0 Å². The number of allylic oxidation sites excluding steroid dienone is 12. The summed E-state index contributed by atoms with van der Waals surface area (Å²) in [6.45, 7) is 3.42. The highest BCUT2D eigenvalue weighted by Crippen LogP contribution is 2.43. The Labute approximate surface area is 352 Å². The number of aliphatic hydroxyl groups is 1. The number of carbonyl (C=O) groups is 2. The maximum Gasteiger partial charge on any atom is 0.472 e. The van der Waals surface area contributed by atoms with E-state index in [1.165, 1.54) is 57.8 Å². The molecule has 0 saturated heterocycles. The Bertz CT molecular complexity index is 1240. The summed E-state index contributed by atoms with van der Waals surface area (Å²) in [6, 6.07) is 0. The van der Waals surface area contributed by atoms with E-state index in [2.05, 4.69) is 56.4 Å². The molecule has 58 heavy (non-hydrogen) atoms. The van der Waals surface area contributed by atoms with Gasteiger partial charge in [-0.2, -0.15) is 0 Å². The van der Waals surface area contributed by atoms with E-state index in [0.29, 0.717) is 25.7 Å². The fourth-order valence-electron chi connectivity index (χ4n) is 5.55. The molecule has 0 heterocycles. The minimum atomic E-state index is -4.41. The van der Waals surface area contributed by atoms with E-state index in [9.17, 15) is 24.2 Å². The average Bonchev–Trinajstić information content (AvgIpc) is 3.21. The number of esters is 2. The van der Waals surface area contributed by atoms with Gasteiger partial charge in [0.2, 0.25) is 0 Å². The fourth-order valence-corrected chi connectivity index (χ4v) is 6.31. The molecule has 0 aromatic heterocycles. The number of phosphoric acid groups is 1. The summed E-state index contributed by atoms with van der Waals surface area (Å²) in [4.78, 5) is 34.9. The summed E-state index contributed by atoms with van der Waals surface area (Å²) in [6.07, 6.45) is 49.3. The van der Waals surface area contributed by atoms with Gasteiger partial charge in [0.1, 0.15) is 6.61 Å². The number of ether oxygens (including phenoxy) is 2. The van der Waals surface area contributed by atoms with Crippen LogP contribution in [0.5, 0.6) is 0 Å². The topological polar surface area (TPSA) is 155 Å². The molecule has 10 nitrogen and oxygen atoms in total. The molecule has 0 bridgehead atoms. The van der Waals surface area contributed by atoms with E-state index in [0.717, 1.165) is 51.4 Å². The number of nitrogens with two attached hydrogens (primary N) is 1. The lowest BCUT2D eigenvalue weighted by molar-refractivity contribution is -0.161. The molecule has 2 unspecified atom stereocenters. The molecule has 3 atom stereocenters. The van der Waals surface area contributed by atoms with Gasteiger partial charge in [-0.25, -0.2) is 4.57 Å². The summed E-state index contributed by atoms with van der Waals surface area (Å²) in [5, 5.41) is 10.0. The van der Waals surface area contributed by atoms with Crippen molar-refractivity contribution in [1.29, 1.82) is 0 Å². The lowest BCUT2D eigenvalue weighted by Gasteiger charge is -2.19. The molecule has 0 radical (unpaired) electrons. The maximum atomic E-state index is 12.6. The first-order chi connectivity index (χ1) is 28.2. The van der Waals surface area contributed by atoms with Gasteiger partial charge in [0.15, 0.2) is 6.10 Å². The van der Waals surface area contributed by atoms with Crippen LogP contribution >= 0.6 is 7.82 Å². The van der Waals surface area contributed by atoms with Crippen molar-refractivity contribution in [3.8, 4) is 0 Å². The number of phosphoric ester groups is 1. The summed E-state index contributed by atoms with van der Waals surface area (Å²) >= 11 is 0. The van der Waals surface area contributed by atoms with Crippen LogP contribution in [0.2, 0.25) is 0 Å². The van der Waals surface area contributed by atoms with Crippen LogP contribution in [-0.2, 0) is 32.7 Å². The Balaban J connectivity index is 4.30. The highest BCUT2D eigenvalue weighted by Gasteiger charge is 2.26. The molecule has 0 saturated carbocycles. The molecule has 11 heteroatoms. The van der Waals surface area contributed by atoms with E-state index in [1.807, 2.05) is 36.5 Å². The van der Waals surface area contributed by atoms with E-state index >= 15 is 0 Å². The van der Waals surface area contributed by atoms with Crippen molar-refractivity contribution in [2.75, 3.05) is 26.4 Å². The molecule has 4 N–H and O–H groups in total. The van der Waals surface area contributed by atoms with E-state index in [-0.39, 0.29) is 32.6 Å². The first-order valence-corrected chi connectivity index (χ1v) is 23.7. The third kappa shape index (κ3) is 41.3. The lowest BCUT2D eigenvalue weighted by atomic mass is 10.1. The molecule has 0 amide bonds. The third-order valence-electron chi connectivity index (χ3n) is 8.85. The van der Waals surface area contributed by atoms with Crippen LogP contribution in [0.15, 0.2) is 85.1 Å². The van der Waals surface area contributed by atoms with Gasteiger partial charge in [0.05, 0.1) is 19.3 Å². The molecule has 0 aliphatic carbocycles. The number of carbonyl (C=O) groups excluding carboxylic acids is 2. The van der Waals surface area contributed by atoms with Gasteiger partial charge in [0.25, 0.3) is 0 Å². The summed E-state index contributed by atoms with van der Waals surface area (Å²) in [5.41, 5.74) is 5.34. The molecule has 0 aromatic carbocycles. The Hall–Kier alpha value is -2.85. The van der Waals surface area contributed by atoms with Crippen molar-refractivity contribution in [3.05, 3.63) is 85.1 Å². The Kier molecular flexibility index (Phi) is 40.2. The third-order valence-corrected chi connectivity index (χ3v) is 9.83. The first-order valence-electron chi connectivity index (χ1n) is 22.2. The second-order valence-corrected chi connectivity index (χ2v) is 15.8. The van der Waals surface area contributed by atoms with Crippen LogP contribution in [-0.4, -0.2) is 60.5 Å². The Morgan fingerprint density at radius 1 is 0.621 bits per heavy atom. The van der Waals surface area contributed by atoms with E-state index in [1.54, 1.807) is 6.08 Å². The number of aliphatic hydroxyl groups excluding tert-OH is 1. The van der Waals surface area contributed by atoms with Crippen LogP contribution in [0.1, 0.15) is 162 Å². The first kappa shape index (κ1) is 55.2. The quantitative estimate of drug-likeness (QED) is 0.0179. The van der Waals surface area contributed by atoms with Crippen molar-refractivity contribution in [2.24, 2.45) is 5.73 Å². The minimum absolute atomic E-state index is 0.0316. The second kappa shape index (κ2) is 42.3. The van der Waals surface area contributed by atoms with Crippen molar-refractivity contribution in [1.82, 2.24) is 0 Å². The minimum Gasteiger partial charge on any atom is -0.462 e. The normalized spacial score (nSPS) is 14.6. The zero-order chi connectivity index (χ0) is 42.6. The van der Waals surface area contributed by atoms with Crippen LogP contribution in [0.4, 0.5) is 0 Å². The molecule has 0 spiro atoms. The number of hydrogen-bond acceptors (Lipinski definition) is 9. The number of hydrogen-bond donors (Lipinski definition) is 3. The zero-order valence-electron chi connectivity index (χ0n) is 36.1. The monoisotopic (exact) mass is 834 g/mol. The van der Waals surface area contributed by atoms with Crippen LogP contribution in [0, 0.1) is 0 Å². The van der Waals surface area contributed by atoms with Gasteiger partial charge in [-0.3, -0.25) is 18.6 Å². The lowest BCUT2D eigenvalue weighted by Crippen LogP contribution is -2.29.